The second-order valence-corrected chi connectivity index (χ2v) is 7.83. The average molecular weight is 468 g/mol. The molecule has 0 aliphatic carbocycles. The first-order valence-corrected chi connectivity index (χ1v) is 11.1. The van der Waals surface area contributed by atoms with Gasteiger partial charge in [-0.1, -0.05) is 55.5 Å². The number of hydrogen-bond donors (Lipinski definition) is 3. The molecule has 0 saturated carbocycles. The van der Waals surface area contributed by atoms with Crippen LogP contribution in [0.5, 0.6) is 5.75 Å². The molecule has 172 valence electrons. The summed E-state index contributed by atoms with van der Waals surface area (Å²) in [5.74, 6) is -1.22. The molecule has 0 aliphatic rings. The van der Waals surface area contributed by atoms with E-state index in [1.165, 1.54) is 6.07 Å². The highest BCUT2D eigenvalue weighted by Crippen LogP contribution is 2.36. The van der Waals surface area contributed by atoms with Gasteiger partial charge >= 0.3 is 12.1 Å². The number of benzene rings is 3. The fourth-order valence-electron chi connectivity index (χ4n) is 3.50. The number of esters is 1. The van der Waals surface area contributed by atoms with E-state index in [-0.39, 0.29) is 24.0 Å². The number of fused-ring (bicyclic) bond motifs is 1. The van der Waals surface area contributed by atoms with Crippen molar-refractivity contribution in [2.45, 2.75) is 19.4 Å². The Bertz CT molecular complexity index is 1130. The maximum atomic E-state index is 12.6. The predicted molar refractivity (Wildman–Crippen MR) is 127 cm³/mol. The maximum Gasteiger partial charge on any atom is 0.414 e. The van der Waals surface area contributed by atoms with Crippen molar-refractivity contribution in [3.8, 4) is 5.75 Å². The van der Waals surface area contributed by atoms with Crippen LogP contribution in [0.1, 0.15) is 35.4 Å². The van der Waals surface area contributed by atoms with E-state index >= 15 is 0 Å². The van der Waals surface area contributed by atoms with Crippen LogP contribution in [-0.4, -0.2) is 35.4 Å². The van der Waals surface area contributed by atoms with Gasteiger partial charge in [0.25, 0.3) is 5.91 Å². The Hall–Kier alpha value is -3.52. The van der Waals surface area contributed by atoms with Crippen LogP contribution in [0.3, 0.4) is 0 Å². The van der Waals surface area contributed by atoms with Gasteiger partial charge in [-0.25, -0.2) is 4.79 Å². The third-order valence-corrected chi connectivity index (χ3v) is 5.47. The number of ether oxygens (including phenoxy) is 2. The summed E-state index contributed by atoms with van der Waals surface area (Å²) >= 11 is 3.89. The number of phenolic OH excluding ortho intramolecular Hbond substituents is 1. The third kappa shape index (κ3) is 6.26. The highest BCUT2D eigenvalue weighted by Gasteiger charge is 2.27. The molecule has 3 aromatic rings. The Morgan fingerprint density at radius 2 is 1.64 bits per heavy atom. The van der Waals surface area contributed by atoms with Gasteiger partial charge in [-0.3, -0.25) is 14.9 Å². The van der Waals surface area contributed by atoms with Crippen molar-refractivity contribution < 1.29 is 29.0 Å². The normalized spacial score (nSPS) is 12.5. The first kappa shape index (κ1) is 24.1. The Labute approximate surface area is 197 Å². The lowest BCUT2D eigenvalue weighted by molar-refractivity contribution is -0.141. The summed E-state index contributed by atoms with van der Waals surface area (Å²) in [7, 11) is 0. The standard InChI is InChI=1S/C25H25NO6S/c1-16(13-14-31-22(28)15-33)23(20-11-12-21(27)19-10-6-5-9-18(19)20)32-25(30)26-24(29)17-7-3-2-4-8-17/h2-12,16,23,27,33H,13-15H2,1H3,(H,26,29,30)/t16-,23-/m0/s1. The van der Waals surface area contributed by atoms with Crippen LogP contribution >= 0.6 is 12.6 Å². The zero-order chi connectivity index (χ0) is 23.8. The molecule has 0 spiro atoms. The summed E-state index contributed by atoms with van der Waals surface area (Å²) in [6, 6.07) is 18.8. The molecule has 0 heterocycles. The molecule has 0 saturated heterocycles. The van der Waals surface area contributed by atoms with E-state index in [2.05, 4.69) is 17.9 Å². The van der Waals surface area contributed by atoms with Gasteiger partial charge in [-0.05, 0) is 30.0 Å². The van der Waals surface area contributed by atoms with Crippen LogP contribution in [-0.2, 0) is 14.3 Å². The van der Waals surface area contributed by atoms with E-state index in [1.54, 1.807) is 48.5 Å². The molecule has 2 atom stereocenters. The molecule has 8 heteroatoms. The topological polar surface area (TPSA) is 102 Å². The smallest absolute Gasteiger partial charge is 0.414 e. The Balaban J connectivity index is 1.84. The molecule has 0 radical (unpaired) electrons. The van der Waals surface area contributed by atoms with Crippen molar-refractivity contribution in [1.82, 2.24) is 5.32 Å². The maximum absolute atomic E-state index is 12.6. The van der Waals surface area contributed by atoms with Crippen LogP contribution in [0.15, 0.2) is 66.7 Å². The number of hydrogen-bond acceptors (Lipinski definition) is 7. The lowest BCUT2D eigenvalue weighted by Gasteiger charge is -2.26. The van der Waals surface area contributed by atoms with E-state index in [0.717, 1.165) is 0 Å². The lowest BCUT2D eigenvalue weighted by atomic mass is 9.90. The number of nitrogens with one attached hydrogen (secondary N) is 1. The fourth-order valence-corrected chi connectivity index (χ4v) is 3.59. The number of imide groups is 1. The zero-order valence-electron chi connectivity index (χ0n) is 18.1. The quantitative estimate of drug-likeness (QED) is 0.329. The number of rotatable bonds is 8. The van der Waals surface area contributed by atoms with Crippen molar-refractivity contribution in [3.05, 3.63) is 77.9 Å². The van der Waals surface area contributed by atoms with E-state index in [9.17, 15) is 19.5 Å². The first-order valence-electron chi connectivity index (χ1n) is 10.4. The summed E-state index contributed by atoms with van der Waals surface area (Å²) in [5.41, 5.74) is 0.992. The largest absolute Gasteiger partial charge is 0.507 e. The summed E-state index contributed by atoms with van der Waals surface area (Å²) in [4.78, 5) is 36.4. The highest BCUT2D eigenvalue weighted by molar-refractivity contribution is 7.81. The molecule has 0 bridgehead atoms. The van der Waals surface area contributed by atoms with Gasteiger partial charge in [0.1, 0.15) is 11.9 Å². The van der Waals surface area contributed by atoms with Crippen LogP contribution in [0.25, 0.3) is 10.8 Å². The monoisotopic (exact) mass is 467 g/mol. The van der Waals surface area contributed by atoms with Gasteiger partial charge in [-0.15, -0.1) is 0 Å². The van der Waals surface area contributed by atoms with Gasteiger partial charge in [0.15, 0.2) is 0 Å². The minimum absolute atomic E-state index is 0.0269. The van der Waals surface area contributed by atoms with Gasteiger partial charge in [0.2, 0.25) is 0 Å². The van der Waals surface area contributed by atoms with Crippen molar-refractivity contribution in [1.29, 1.82) is 0 Å². The van der Waals surface area contributed by atoms with E-state index in [0.29, 0.717) is 28.3 Å². The van der Waals surface area contributed by atoms with E-state index in [1.807, 2.05) is 19.1 Å². The predicted octanol–water partition coefficient (Wildman–Crippen LogP) is 4.65. The molecule has 2 amide bonds. The minimum atomic E-state index is -0.898. The number of thiol groups is 1. The zero-order valence-corrected chi connectivity index (χ0v) is 19.0. The summed E-state index contributed by atoms with van der Waals surface area (Å²) in [6.45, 7) is 1.98. The van der Waals surface area contributed by atoms with Crippen LogP contribution in [0.4, 0.5) is 4.79 Å². The molecule has 33 heavy (non-hydrogen) atoms. The van der Waals surface area contributed by atoms with Crippen molar-refractivity contribution >= 4 is 41.4 Å². The lowest BCUT2D eigenvalue weighted by Crippen LogP contribution is -2.33. The molecule has 0 unspecified atom stereocenters. The molecular formula is C25H25NO6S. The molecule has 0 aliphatic heterocycles. The second kappa shape index (κ2) is 11.4. The fraction of sp³-hybridized carbons (Fsp3) is 0.240. The number of phenols is 1. The SMILES string of the molecule is C[C@@H](CCOC(=O)CS)[C@H](OC(=O)NC(=O)c1ccccc1)c1ccc(O)c2ccccc12. The molecule has 3 rings (SSSR count). The van der Waals surface area contributed by atoms with E-state index < -0.39 is 24.1 Å². The molecule has 2 N–H and O–H groups in total. The second-order valence-electron chi connectivity index (χ2n) is 7.51. The number of carbonyl (C=O) groups is 3. The van der Waals surface area contributed by atoms with Crippen molar-refractivity contribution in [3.63, 3.8) is 0 Å². The van der Waals surface area contributed by atoms with Gasteiger partial charge < -0.3 is 14.6 Å². The average Bonchev–Trinajstić information content (AvgIpc) is 2.83. The summed E-state index contributed by atoms with van der Waals surface area (Å²) in [6.07, 6.45) is -1.27. The first-order chi connectivity index (χ1) is 15.9. The molecule has 0 fully saturated rings. The molecular weight excluding hydrogens is 442 g/mol. The Morgan fingerprint density at radius 1 is 0.970 bits per heavy atom. The van der Waals surface area contributed by atoms with Gasteiger partial charge in [0, 0.05) is 22.4 Å². The molecule has 0 aromatic heterocycles. The van der Waals surface area contributed by atoms with Crippen LogP contribution in [0, 0.1) is 5.92 Å². The van der Waals surface area contributed by atoms with Crippen LogP contribution in [0.2, 0.25) is 0 Å². The van der Waals surface area contributed by atoms with Gasteiger partial charge in [0.05, 0.1) is 12.4 Å². The Morgan fingerprint density at radius 3 is 2.33 bits per heavy atom. The number of amides is 2. The van der Waals surface area contributed by atoms with Crippen molar-refractivity contribution in [2.24, 2.45) is 5.92 Å². The van der Waals surface area contributed by atoms with E-state index in [4.69, 9.17) is 9.47 Å². The minimum Gasteiger partial charge on any atom is -0.507 e. The number of aromatic hydroxyl groups is 1. The van der Waals surface area contributed by atoms with Crippen molar-refractivity contribution in [2.75, 3.05) is 12.4 Å². The summed E-state index contributed by atoms with van der Waals surface area (Å²) < 4.78 is 10.8. The van der Waals surface area contributed by atoms with Crippen LogP contribution < -0.4 is 5.32 Å². The summed E-state index contributed by atoms with van der Waals surface area (Å²) in [5, 5.41) is 13.8. The third-order valence-electron chi connectivity index (χ3n) is 5.21. The molecule has 7 nitrogen and oxygen atoms in total. The number of carbonyl (C=O) groups excluding carboxylic acids is 3. The molecule has 3 aromatic carbocycles. The van der Waals surface area contributed by atoms with Gasteiger partial charge in [-0.2, -0.15) is 12.6 Å². The highest BCUT2D eigenvalue weighted by atomic mass is 32.1. The number of alkyl carbamates (subject to hydrolysis) is 1. The Kier molecular flexibility index (Phi) is 8.32.